The lowest BCUT2D eigenvalue weighted by molar-refractivity contribution is -0.124. The van der Waals surface area contributed by atoms with Crippen molar-refractivity contribution < 1.29 is 9.53 Å². The smallest absolute Gasteiger partial charge is 0.245 e. The number of likely N-dealkylation sites (N-methyl/N-ethyl adjacent to an activating group) is 1. The highest BCUT2D eigenvalue weighted by Gasteiger charge is 2.30. The summed E-state index contributed by atoms with van der Waals surface area (Å²) in [6.07, 6.45) is 3.31. The average Bonchev–Trinajstić information content (AvgIpc) is 2.47. The fraction of sp³-hybridized carbons (Fsp3) is 0.583. The molecule has 0 bridgehead atoms. The van der Waals surface area contributed by atoms with Gasteiger partial charge in [0, 0.05) is 20.1 Å². The first-order chi connectivity index (χ1) is 9.26. The van der Waals surface area contributed by atoms with Gasteiger partial charge < -0.3 is 20.3 Å². The molecule has 1 fully saturated rings. The number of nitrogens with zero attached hydrogens (tertiary/aromatic N) is 3. The number of rotatable bonds is 4. The fourth-order valence-corrected chi connectivity index (χ4v) is 2.00. The molecule has 1 aromatic heterocycles. The van der Waals surface area contributed by atoms with Crippen molar-refractivity contribution in [3.8, 4) is 0 Å². The lowest BCUT2D eigenvalue weighted by Crippen LogP contribution is -2.54. The zero-order valence-corrected chi connectivity index (χ0v) is 11.2. The van der Waals surface area contributed by atoms with Crippen molar-refractivity contribution >= 4 is 17.5 Å². The highest BCUT2D eigenvalue weighted by molar-refractivity contribution is 5.85. The lowest BCUT2D eigenvalue weighted by Gasteiger charge is -2.35. The molecule has 1 amide bonds. The number of carbonyl (C=O) groups is 1. The van der Waals surface area contributed by atoms with Crippen LogP contribution in [-0.2, 0) is 9.53 Å². The number of morpholine rings is 1. The number of amides is 1. The Morgan fingerprint density at radius 2 is 2.42 bits per heavy atom. The van der Waals surface area contributed by atoms with Gasteiger partial charge in [-0.05, 0) is 6.92 Å². The minimum Gasteiger partial charge on any atom is -0.377 e. The minimum atomic E-state index is -0.352. The van der Waals surface area contributed by atoms with Gasteiger partial charge in [0.05, 0.1) is 25.6 Å². The first-order valence-electron chi connectivity index (χ1n) is 6.38. The normalized spacial score (nSPS) is 19.1. The van der Waals surface area contributed by atoms with E-state index in [1.54, 1.807) is 19.4 Å². The molecule has 7 heteroatoms. The molecule has 1 aliphatic rings. The van der Waals surface area contributed by atoms with Gasteiger partial charge in [-0.15, -0.1) is 0 Å². The van der Waals surface area contributed by atoms with Crippen LogP contribution in [0.15, 0.2) is 12.4 Å². The van der Waals surface area contributed by atoms with Crippen LogP contribution in [-0.4, -0.2) is 55.3 Å². The summed E-state index contributed by atoms with van der Waals surface area (Å²) in [5.74, 6) is 1.32. The van der Waals surface area contributed by atoms with E-state index in [1.807, 2.05) is 11.8 Å². The van der Waals surface area contributed by atoms with Crippen molar-refractivity contribution in [2.75, 3.05) is 43.6 Å². The first kappa shape index (κ1) is 13.5. The SMILES string of the molecule is CCNC(=O)C1COCCN1c1cncc(NC)n1. The van der Waals surface area contributed by atoms with E-state index in [0.717, 1.165) is 0 Å². The third kappa shape index (κ3) is 3.11. The van der Waals surface area contributed by atoms with Gasteiger partial charge in [-0.1, -0.05) is 0 Å². The monoisotopic (exact) mass is 265 g/mol. The summed E-state index contributed by atoms with van der Waals surface area (Å²) in [6, 6.07) is -0.352. The molecule has 2 heterocycles. The van der Waals surface area contributed by atoms with Crippen LogP contribution < -0.4 is 15.5 Å². The number of ether oxygens (including phenoxy) is 1. The van der Waals surface area contributed by atoms with E-state index in [1.165, 1.54) is 0 Å². The first-order valence-corrected chi connectivity index (χ1v) is 6.38. The van der Waals surface area contributed by atoms with Gasteiger partial charge >= 0.3 is 0 Å². The zero-order chi connectivity index (χ0) is 13.7. The molecule has 0 aliphatic carbocycles. The molecule has 2 rings (SSSR count). The van der Waals surface area contributed by atoms with Crippen molar-refractivity contribution in [2.24, 2.45) is 0 Å². The lowest BCUT2D eigenvalue weighted by atomic mass is 10.2. The molecule has 1 unspecified atom stereocenters. The number of nitrogens with one attached hydrogen (secondary N) is 2. The number of anilines is 2. The van der Waals surface area contributed by atoms with Crippen molar-refractivity contribution in [3.05, 3.63) is 12.4 Å². The van der Waals surface area contributed by atoms with Gasteiger partial charge in [0.1, 0.15) is 17.7 Å². The van der Waals surface area contributed by atoms with Crippen LogP contribution >= 0.6 is 0 Å². The third-order valence-electron chi connectivity index (χ3n) is 2.95. The van der Waals surface area contributed by atoms with E-state index in [9.17, 15) is 4.79 Å². The number of hydrogen-bond acceptors (Lipinski definition) is 6. The van der Waals surface area contributed by atoms with Crippen LogP contribution in [0.4, 0.5) is 11.6 Å². The molecule has 104 valence electrons. The Hall–Kier alpha value is -1.89. The number of carbonyl (C=O) groups excluding carboxylic acids is 1. The van der Waals surface area contributed by atoms with E-state index in [2.05, 4.69) is 20.6 Å². The Morgan fingerprint density at radius 1 is 1.58 bits per heavy atom. The van der Waals surface area contributed by atoms with E-state index in [4.69, 9.17) is 4.74 Å². The second kappa shape index (κ2) is 6.33. The molecule has 0 aromatic carbocycles. The van der Waals surface area contributed by atoms with E-state index in [-0.39, 0.29) is 11.9 Å². The van der Waals surface area contributed by atoms with Crippen molar-refractivity contribution in [1.29, 1.82) is 0 Å². The predicted octanol–water partition coefficient (Wildman–Crippen LogP) is -0.140. The Morgan fingerprint density at radius 3 is 3.16 bits per heavy atom. The topological polar surface area (TPSA) is 79.4 Å². The van der Waals surface area contributed by atoms with Crippen LogP contribution in [0.5, 0.6) is 0 Å². The summed E-state index contributed by atoms with van der Waals surface area (Å²) < 4.78 is 5.39. The quantitative estimate of drug-likeness (QED) is 0.789. The zero-order valence-electron chi connectivity index (χ0n) is 11.2. The largest absolute Gasteiger partial charge is 0.377 e. The van der Waals surface area contributed by atoms with Crippen LogP contribution in [0.1, 0.15) is 6.92 Å². The standard InChI is InChI=1S/C12H19N5O2/c1-3-15-12(18)9-8-19-5-4-17(9)11-7-14-6-10(13-2)16-11/h6-7,9H,3-5,8H2,1-2H3,(H,13,16)(H,15,18). The van der Waals surface area contributed by atoms with Crippen LogP contribution in [0.2, 0.25) is 0 Å². The van der Waals surface area contributed by atoms with Crippen molar-refractivity contribution in [1.82, 2.24) is 15.3 Å². The fourth-order valence-electron chi connectivity index (χ4n) is 2.00. The Bertz CT molecular complexity index is 440. The Kier molecular flexibility index (Phi) is 4.51. The van der Waals surface area contributed by atoms with Gasteiger partial charge in [-0.3, -0.25) is 9.78 Å². The van der Waals surface area contributed by atoms with Gasteiger partial charge in [0.15, 0.2) is 0 Å². The summed E-state index contributed by atoms with van der Waals surface area (Å²) in [5, 5.41) is 5.76. The second-order valence-electron chi connectivity index (χ2n) is 4.19. The molecular formula is C12H19N5O2. The molecule has 2 N–H and O–H groups in total. The van der Waals surface area contributed by atoms with Crippen LogP contribution in [0.3, 0.4) is 0 Å². The highest BCUT2D eigenvalue weighted by atomic mass is 16.5. The summed E-state index contributed by atoms with van der Waals surface area (Å²) in [5.41, 5.74) is 0. The summed E-state index contributed by atoms with van der Waals surface area (Å²) in [4.78, 5) is 22.5. The van der Waals surface area contributed by atoms with Crippen LogP contribution in [0, 0.1) is 0 Å². The average molecular weight is 265 g/mol. The predicted molar refractivity (Wildman–Crippen MR) is 72.2 cm³/mol. The van der Waals surface area contributed by atoms with Gasteiger partial charge in [-0.25, -0.2) is 4.98 Å². The number of aromatic nitrogens is 2. The van der Waals surface area contributed by atoms with Gasteiger partial charge in [0.2, 0.25) is 5.91 Å². The molecule has 19 heavy (non-hydrogen) atoms. The van der Waals surface area contributed by atoms with Crippen molar-refractivity contribution in [2.45, 2.75) is 13.0 Å². The maximum atomic E-state index is 12.0. The summed E-state index contributed by atoms with van der Waals surface area (Å²) >= 11 is 0. The molecule has 0 spiro atoms. The highest BCUT2D eigenvalue weighted by Crippen LogP contribution is 2.18. The van der Waals surface area contributed by atoms with Crippen LogP contribution in [0.25, 0.3) is 0 Å². The molecule has 7 nitrogen and oxygen atoms in total. The van der Waals surface area contributed by atoms with Gasteiger partial charge in [-0.2, -0.15) is 0 Å². The molecule has 1 atom stereocenters. The summed E-state index contributed by atoms with van der Waals surface area (Å²) in [6.45, 7) is 4.08. The van der Waals surface area contributed by atoms with E-state index >= 15 is 0 Å². The second-order valence-corrected chi connectivity index (χ2v) is 4.19. The van der Waals surface area contributed by atoms with Crippen molar-refractivity contribution in [3.63, 3.8) is 0 Å². The maximum absolute atomic E-state index is 12.0. The Balaban J connectivity index is 2.20. The third-order valence-corrected chi connectivity index (χ3v) is 2.95. The summed E-state index contributed by atoms with van der Waals surface area (Å²) in [7, 11) is 1.79. The maximum Gasteiger partial charge on any atom is 0.245 e. The molecule has 1 aliphatic heterocycles. The molecule has 1 saturated heterocycles. The molecule has 1 aromatic rings. The Labute approximate surface area is 112 Å². The van der Waals surface area contributed by atoms with Gasteiger partial charge in [0.25, 0.3) is 0 Å². The molecule has 0 saturated carbocycles. The van der Waals surface area contributed by atoms with E-state index < -0.39 is 0 Å². The molecule has 0 radical (unpaired) electrons. The number of hydrogen-bond donors (Lipinski definition) is 2. The minimum absolute atomic E-state index is 0.0427. The molecular weight excluding hydrogens is 246 g/mol. The van der Waals surface area contributed by atoms with E-state index in [0.29, 0.717) is 37.9 Å².